The SMILES string of the molecule is CN(Cc1ccc(Cl)c(Cl)c1)c1nccn2c(C3CC3)nnc12. The van der Waals surface area contributed by atoms with Crippen molar-refractivity contribution in [3.8, 4) is 0 Å². The Morgan fingerprint density at radius 2 is 2.04 bits per heavy atom. The molecular formula is C16H15Cl2N5. The van der Waals surface area contributed by atoms with Crippen molar-refractivity contribution in [2.45, 2.75) is 25.3 Å². The van der Waals surface area contributed by atoms with Gasteiger partial charge in [0.05, 0.1) is 10.0 Å². The zero-order valence-electron chi connectivity index (χ0n) is 12.6. The molecule has 5 nitrogen and oxygen atoms in total. The number of halogens is 2. The molecule has 1 saturated carbocycles. The van der Waals surface area contributed by atoms with Gasteiger partial charge in [-0.15, -0.1) is 10.2 Å². The topological polar surface area (TPSA) is 46.3 Å². The summed E-state index contributed by atoms with van der Waals surface area (Å²) in [5.41, 5.74) is 1.85. The van der Waals surface area contributed by atoms with E-state index in [0.29, 0.717) is 22.5 Å². The molecule has 7 heteroatoms. The highest BCUT2D eigenvalue weighted by Gasteiger charge is 2.29. The second kappa shape index (κ2) is 5.65. The predicted molar refractivity (Wildman–Crippen MR) is 91.3 cm³/mol. The minimum atomic E-state index is 0.542. The fourth-order valence-corrected chi connectivity index (χ4v) is 3.03. The smallest absolute Gasteiger partial charge is 0.203 e. The van der Waals surface area contributed by atoms with Gasteiger partial charge in [-0.3, -0.25) is 4.40 Å². The second-order valence-corrected chi connectivity index (χ2v) is 6.70. The summed E-state index contributed by atoms with van der Waals surface area (Å²) in [6.45, 7) is 0.662. The number of fused-ring (bicyclic) bond motifs is 1. The fourth-order valence-electron chi connectivity index (χ4n) is 2.71. The van der Waals surface area contributed by atoms with Crippen molar-refractivity contribution in [1.29, 1.82) is 0 Å². The highest BCUT2D eigenvalue weighted by molar-refractivity contribution is 6.42. The molecule has 1 aliphatic carbocycles. The van der Waals surface area contributed by atoms with Gasteiger partial charge in [0, 0.05) is 31.9 Å². The van der Waals surface area contributed by atoms with Crippen LogP contribution in [0.1, 0.15) is 30.1 Å². The van der Waals surface area contributed by atoms with E-state index < -0.39 is 0 Å². The molecule has 1 fully saturated rings. The lowest BCUT2D eigenvalue weighted by atomic mass is 10.2. The van der Waals surface area contributed by atoms with Gasteiger partial charge in [-0.25, -0.2) is 4.98 Å². The van der Waals surface area contributed by atoms with Crippen LogP contribution in [-0.2, 0) is 6.54 Å². The number of hydrogen-bond acceptors (Lipinski definition) is 4. The molecule has 3 aromatic rings. The van der Waals surface area contributed by atoms with E-state index in [-0.39, 0.29) is 0 Å². The highest BCUT2D eigenvalue weighted by Crippen LogP contribution is 2.39. The Labute approximate surface area is 143 Å². The lowest BCUT2D eigenvalue weighted by Gasteiger charge is -2.18. The first-order chi connectivity index (χ1) is 11.1. The number of aromatic nitrogens is 4. The van der Waals surface area contributed by atoms with E-state index in [2.05, 4.69) is 15.2 Å². The molecule has 0 atom stereocenters. The highest BCUT2D eigenvalue weighted by atomic mass is 35.5. The van der Waals surface area contributed by atoms with E-state index in [1.54, 1.807) is 6.20 Å². The van der Waals surface area contributed by atoms with Crippen LogP contribution < -0.4 is 4.90 Å². The summed E-state index contributed by atoms with van der Waals surface area (Å²) in [6.07, 6.45) is 6.11. The predicted octanol–water partition coefficient (Wildman–Crippen LogP) is 3.94. The zero-order valence-corrected chi connectivity index (χ0v) is 14.1. The molecule has 0 unspecified atom stereocenters. The second-order valence-electron chi connectivity index (χ2n) is 5.88. The van der Waals surface area contributed by atoms with Gasteiger partial charge in [0.2, 0.25) is 5.65 Å². The van der Waals surface area contributed by atoms with Gasteiger partial charge < -0.3 is 4.90 Å². The lowest BCUT2D eigenvalue weighted by molar-refractivity contribution is 0.877. The summed E-state index contributed by atoms with van der Waals surface area (Å²) in [6, 6.07) is 5.65. The fraction of sp³-hybridized carbons (Fsp3) is 0.312. The van der Waals surface area contributed by atoms with Gasteiger partial charge in [-0.1, -0.05) is 29.3 Å². The molecule has 0 bridgehead atoms. The first-order valence-electron chi connectivity index (χ1n) is 7.48. The van der Waals surface area contributed by atoms with Crippen LogP contribution in [0.3, 0.4) is 0 Å². The van der Waals surface area contributed by atoms with Gasteiger partial charge in [0.15, 0.2) is 5.82 Å². The van der Waals surface area contributed by atoms with Crippen LogP contribution in [0.4, 0.5) is 5.82 Å². The molecule has 0 saturated heterocycles. The number of anilines is 1. The first kappa shape index (κ1) is 14.7. The summed E-state index contributed by atoms with van der Waals surface area (Å²) in [5, 5.41) is 9.79. The molecule has 118 valence electrons. The Morgan fingerprint density at radius 3 is 2.78 bits per heavy atom. The van der Waals surface area contributed by atoms with Crippen molar-refractivity contribution in [2.24, 2.45) is 0 Å². The maximum Gasteiger partial charge on any atom is 0.203 e. The van der Waals surface area contributed by atoms with E-state index in [0.717, 1.165) is 22.9 Å². The number of hydrogen-bond donors (Lipinski definition) is 0. The largest absolute Gasteiger partial charge is 0.352 e. The lowest BCUT2D eigenvalue weighted by Crippen LogP contribution is -2.18. The average Bonchev–Trinajstić information content (AvgIpc) is 3.29. The Kier molecular flexibility index (Phi) is 3.62. The van der Waals surface area contributed by atoms with E-state index in [1.807, 2.05) is 40.7 Å². The van der Waals surface area contributed by atoms with Crippen molar-refractivity contribution in [2.75, 3.05) is 11.9 Å². The van der Waals surface area contributed by atoms with Gasteiger partial charge in [-0.05, 0) is 30.5 Å². The van der Waals surface area contributed by atoms with Crippen molar-refractivity contribution in [3.63, 3.8) is 0 Å². The summed E-state index contributed by atoms with van der Waals surface area (Å²) >= 11 is 12.1. The van der Waals surface area contributed by atoms with Gasteiger partial charge in [0.25, 0.3) is 0 Å². The molecule has 2 aromatic heterocycles. The van der Waals surface area contributed by atoms with Crippen LogP contribution in [0.25, 0.3) is 5.65 Å². The van der Waals surface area contributed by atoms with Crippen LogP contribution in [0, 0.1) is 0 Å². The zero-order chi connectivity index (χ0) is 16.0. The van der Waals surface area contributed by atoms with Crippen molar-refractivity contribution >= 4 is 34.7 Å². The first-order valence-corrected chi connectivity index (χ1v) is 8.24. The standard InChI is InChI=1S/C16H15Cl2N5/c1-22(9-10-2-5-12(17)13(18)8-10)15-16-21-20-14(11-3-4-11)23(16)7-6-19-15/h2,5-8,11H,3-4,9H2,1H3. The third-order valence-corrected chi connectivity index (χ3v) is 4.78. The number of nitrogens with zero attached hydrogens (tertiary/aromatic N) is 5. The summed E-state index contributed by atoms with van der Waals surface area (Å²) < 4.78 is 2.05. The van der Waals surface area contributed by atoms with Crippen molar-refractivity contribution in [3.05, 3.63) is 52.0 Å². The van der Waals surface area contributed by atoms with Gasteiger partial charge in [-0.2, -0.15) is 0 Å². The summed E-state index contributed by atoms with van der Waals surface area (Å²) in [4.78, 5) is 6.52. The van der Waals surface area contributed by atoms with Gasteiger partial charge in [0.1, 0.15) is 5.82 Å². The Balaban J connectivity index is 1.66. The molecule has 0 aliphatic heterocycles. The summed E-state index contributed by atoms with van der Waals surface area (Å²) in [5.74, 6) is 2.38. The van der Waals surface area contributed by atoms with Crippen LogP contribution in [-0.4, -0.2) is 26.6 Å². The third-order valence-electron chi connectivity index (χ3n) is 4.04. The molecule has 0 spiro atoms. The van der Waals surface area contributed by atoms with Gasteiger partial charge >= 0.3 is 0 Å². The van der Waals surface area contributed by atoms with E-state index in [9.17, 15) is 0 Å². The molecule has 1 aromatic carbocycles. The number of rotatable bonds is 4. The molecule has 2 heterocycles. The average molecular weight is 348 g/mol. The van der Waals surface area contributed by atoms with Crippen LogP contribution in [0.15, 0.2) is 30.6 Å². The van der Waals surface area contributed by atoms with Crippen molar-refractivity contribution < 1.29 is 0 Å². The maximum atomic E-state index is 6.09. The van der Waals surface area contributed by atoms with E-state index in [1.165, 1.54) is 12.8 Å². The monoisotopic (exact) mass is 347 g/mol. The Morgan fingerprint density at radius 1 is 1.22 bits per heavy atom. The van der Waals surface area contributed by atoms with Crippen LogP contribution in [0.2, 0.25) is 10.0 Å². The van der Waals surface area contributed by atoms with Crippen molar-refractivity contribution in [1.82, 2.24) is 19.6 Å². The quantitative estimate of drug-likeness (QED) is 0.716. The van der Waals surface area contributed by atoms with Crippen LogP contribution in [0.5, 0.6) is 0 Å². The molecule has 0 radical (unpaired) electrons. The molecule has 1 aliphatic rings. The maximum absolute atomic E-state index is 6.09. The van der Waals surface area contributed by atoms with E-state index in [4.69, 9.17) is 23.2 Å². The van der Waals surface area contributed by atoms with Crippen LogP contribution >= 0.6 is 23.2 Å². The Hall–Kier alpha value is -1.85. The normalized spacial score (nSPS) is 14.4. The molecular weight excluding hydrogens is 333 g/mol. The molecule has 23 heavy (non-hydrogen) atoms. The Bertz CT molecular complexity index is 872. The molecule has 0 N–H and O–H groups in total. The minimum Gasteiger partial charge on any atom is -0.352 e. The molecule has 0 amide bonds. The third kappa shape index (κ3) is 2.75. The minimum absolute atomic E-state index is 0.542. The molecule has 4 rings (SSSR count). The van der Waals surface area contributed by atoms with E-state index >= 15 is 0 Å². The number of benzene rings is 1. The summed E-state index contributed by atoms with van der Waals surface area (Å²) in [7, 11) is 1.98.